The molecule has 2 amide bonds. The Bertz CT molecular complexity index is 1040. The van der Waals surface area contributed by atoms with Gasteiger partial charge in [-0.2, -0.15) is 0 Å². The van der Waals surface area contributed by atoms with E-state index in [9.17, 15) is 22.0 Å². The lowest BCUT2D eigenvalue weighted by molar-refractivity contribution is 0.0968. The Morgan fingerprint density at radius 2 is 1.64 bits per heavy atom. The van der Waals surface area contributed by atoms with E-state index >= 15 is 0 Å². The standard InChI is InChI=1S/C26H40F2N4O3S/c1-4-36(34,35)29-11-14-31-17-20-15-23(27)24(28)16-25(20)32(26(31)33)22-9-12-30(13-10-22)21-7-5-19(6-8-21)18(2)3/h15-16,18-19,21-22,29H,4-14,17H2,1-3H3. The van der Waals surface area contributed by atoms with E-state index in [1.165, 1.54) is 30.6 Å². The lowest BCUT2D eigenvalue weighted by Crippen LogP contribution is -2.56. The summed E-state index contributed by atoms with van der Waals surface area (Å²) in [6.07, 6.45) is 6.49. The lowest BCUT2D eigenvalue weighted by Gasteiger charge is -2.46. The number of anilines is 1. The summed E-state index contributed by atoms with van der Waals surface area (Å²) in [5, 5.41) is 0. The molecule has 1 saturated heterocycles. The minimum absolute atomic E-state index is 0.0436. The summed E-state index contributed by atoms with van der Waals surface area (Å²) in [5.41, 5.74) is 0.974. The molecule has 0 unspecified atom stereocenters. The average molecular weight is 527 g/mol. The smallest absolute Gasteiger partial charge is 0.319 e. The van der Waals surface area contributed by atoms with Gasteiger partial charge in [0.2, 0.25) is 10.0 Å². The van der Waals surface area contributed by atoms with Gasteiger partial charge in [-0.3, -0.25) is 4.90 Å². The van der Waals surface area contributed by atoms with Crippen LogP contribution in [0.15, 0.2) is 12.1 Å². The molecule has 3 aliphatic rings. The number of urea groups is 1. The topological polar surface area (TPSA) is 73.0 Å². The van der Waals surface area contributed by atoms with Crippen molar-refractivity contribution in [3.63, 3.8) is 0 Å². The van der Waals surface area contributed by atoms with Crippen LogP contribution in [0.2, 0.25) is 0 Å². The minimum atomic E-state index is -3.39. The van der Waals surface area contributed by atoms with Crippen LogP contribution in [-0.2, 0) is 16.6 Å². The fourth-order valence-corrected chi connectivity index (χ4v) is 6.67. The van der Waals surface area contributed by atoms with Crippen molar-refractivity contribution in [3.8, 4) is 0 Å². The second-order valence-electron chi connectivity index (χ2n) is 10.8. The maximum atomic E-state index is 14.2. The number of halogens is 2. The van der Waals surface area contributed by atoms with Crippen LogP contribution in [0, 0.1) is 23.5 Å². The molecule has 7 nitrogen and oxygen atoms in total. The van der Waals surface area contributed by atoms with Crippen LogP contribution in [0.5, 0.6) is 0 Å². The number of benzene rings is 1. The summed E-state index contributed by atoms with van der Waals surface area (Å²) in [6.45, 7) is 8.26. The number of sulfonamides is 1. The number of carbonyl (C=O) groups excluding carboxylic acids is 1. The molecule has 202 valence electrons. The first kappa shape index (κ1) is 27.3. The Kier molecular flexibility index (Phi) is 8.56. The number of likely N-dealkylation sites (tertiary alicyclic amines) is 1. The molecule has 2 aliphatic heterocycles. The van der Waals surface area contributed by atoms with Gasteiger partial charge in [0.25, 0.3) is 0 Å². The predicted octanol–water partition coefficient (Wildman–Crippen LogP) is 4.33. The first-order chi connectivity index (χ1) is 17.1. The Morgan fingerprint density at radius 3 is 2.25 bits per heavy atom. The Balaban J connectivity index is 1.45. The number of fused-ring (bicyclic) bond motifs is 1. The van der Waals surface area contributed by atoms with Crippen molar-refractivity contribution >= 4 is 21.7 Å². The van der Waals surface area contributed by atoms with Gasteiger partial charge in [0, 0.05) is 50.9 Å². The number of carbonyl (C=O) groups is 1. The monoisotopic (exact) mass is 526 g/mol. The fourth-order valence-electron chi connectivity index (χ4n) is 6.07. The molecule has 0 atom stereocenters. The van der Waals surface area contributed by atoms with E-state index in [1.807, 2.05) is 0 Å². The van der Waals surface area contributed by atoms with E-state index in [0.717, 1.165) is 49.9 Å². The number of hydrogen-bond donors (Lipinski definition) is 1. The van der Waals surface area contributed by atoms with Gasteiger partial charge in [0.15, 0.2) is 11.6 Å². The normalized spacial score (nSPS) is 24.4. The van der Waals surface area contributed by atoms with Gasteiger partial charge in [-0.15, -0.1) is 0 Å². The predicted molar refractivity (Wildman–Crippen MR) is 137 cm³/mol. The van der Waals surface area contributed by atoms with E-state index in [4.69, 9.17) is 0 Å². The molecule has 0 radical (unpaired) electrons. The van der Waals surface area contributed by atoms with Crippen LogP contribution < -0.4 is 9.62 Å². The molecule has 1 aromatic rings. The van der Waals surface area contributed by atoms with Gasteiger partial charge < -0.3 is 9.80 Å². The van der Waals surface area contributed by atoms with E-state index in [0.29, 0.717) is 17.3 Å². The zero-order chi connectivity index (χ0) is 26.0. The van der Waals surface area contributed by atoms with E-state index in [2.05, 4.69) is 23.5 Å². The zero-order valence-corrected chi connectivity index (χ0v) is 22.5. The zero-order valence-electron chi connectivity index (χ0n) is 21.7. The van der Waals surface area contributed by atoms with Gasteiger partial charge in [-0.25, -0.2) is 26.7 Å². The molecule has 0 aromatic heterocycles. The van der Waals surface area contributed by atoms with Crippen LogP contribution >= 0.6 is 0 Å². The minimum Gasteiger partial charge on any atom is -0.319 e. The highest BCUT2D eigenvalue weighted by molar-refractivity contribution is 7.89. The van der Waals surface area contributed by atoms with Crippen molar-refractivity contribution in [2.24, 2.45) is 11.8 Å². The first-order valence-corrected chi connectivity index (χ1v) is 15.0. The molecule has 0 bridgehead atoms. The number of nitrogens with zero attached hydrogens (tertiary/aromatic N) is 3. The number of amides is 2. The van der Waals surface area contributed by atoms with Gasteiger partial charge in [-0.05, 0) is 68.9 Å². The average Bonchev–Trinajstić information content (AvgIpc) is 2.86. The van der Waals surface area contributed by atoms with Gasteiger partial charge >= 0.3 is 6.03 Å². The molecule has 36 heavy (non-hydrogen) atoms. The van der Waals surface area contributed by atoms with Crippen molar-refractivity contribution in [3.05, 3.63) is 29.3 Å². The Labute approximate surface area is 214 Å². The summed E-state index contributed by atoms with van der Waals surface area (Å²) in [4.78, 5) is 19.2. The third kappa shape index (κ3) is 6.02. The van der Waals surface area contributed by atoms with Crippen LogP contribution in [0.1, 0.15) is 64.9 Å². The van der Waals surface area contributed by atoms with E-state index in [-0.39, 0.29) is 37.5 Å². The second-order valence-corrected chi connectivity index (χ2v) is 12.9. The molecular weight excluding hydrogens is 486 g/mol. The van der Waals surface area contributed by atoms with Crippen molar-refractivity contribution in [1.82, 2.24) is 14.5 Å². The summed E-state index contributed by atoms with van der Waals surface area (Å²) in [6, 6.07) is 2.49. The summed E-state index contributed by atoms with van der Waals surface area (Å²) in [5.74, 6) is -0.411. The van der Waals surface area contributed by atoms with Crippen molar-refractivity contribution in [2.75, 3.05) is 36.8 Å². The molecule has 1 aliphatic carbocycles. The third-order valence-corrected chi connectivity index (χ3v) is 9.77. The van der Waals surface area contributed by atoms with Crippen LogP contribution in [0.4, 0.5) is 19.3 Å². The molecular formula is C26H40F2N4O3S. The molecule has 1 aromatic carbocycles. The van der Waals surface area contributed by atoms with E-state index in [1.54, 1.807) is 11.8 Å². The third-order valence-electron chi connectivity index (χ3n) is 8.37. The molecule has 0 spiro atoms. The fraction of sp³-hybridized carbons (Fsp3) is 0.731. The van der Waals surface area contributed by atoms with Crippen LogP contribution in [-0.4, -0.2) is 68.3 Å². The molecule has 1 saturated carbocycles. The molecule has 2 heterocycles. The molecule has 10 heteroatoms. The largest absolute Gasteiger partial charge is 0.325 e. The number of piperidine rings is 1. The maximum Gasteiger partial charge on any atom is 0.325 e. The highest BCUT2D eigenvalue weighted by Gasteiger charge is 2.38. The SMILES string of the molecule is CCS(=O)(=O)NCCN1Cc2cc(F)c(F)cc2N(C2CCN(C3CCC(C(C)C)CC3)CC2)C1=O. The van der Waals surface area contributed by atoms with Gasteiger partial charge in [0.05, 0.1) is 11.4 Å². The second kappa shape index (κ2) is 11.3. The molecule has 4 rings (SSSR count). The van der Waals surface area contributed by atoms with Crippen LogP contribution in [0.25, 0.3) is 0 Å². The van der Waals surface area contributed by atoms with Crippen molar-refractivity contribution < 1.29 is 22.0 Å². The van der Waals surface area contributed by atoms with Crippen molar-refractivity contribution in [2.45, 2.75) is 77.9 Å². The Hall–Kier alpha value is -1.78. The number of hydrogen-bond acceptors (Lipinski definition) is 4. The highest BCUT2D eigenvalue weighted by atomic mass is 32.2. The number of rotatable bonds is 8. The maximum absolute atomic E-state index is 14.2. The Morgan fingerprint density at radius 1 is 1.00 bits per heavy atom. The summed E-state index contributed by atoms with van der Waals surface area (Å²) >= 11 is 0. The van der Waals surface area contributed by atoms with Crippen LogP contribution in [0.3, 0.4) is 0 Å². The molecule has 1 N–H and O–H groups in total. The lowest BCUT2D eigenvalue weighted by atomic mass is 9.79. The molecule has 2 fully saturated rings. The summed E-state index contributed by atoms with van der Waals surface area (Å²) in [7, 11) is -3.39. The summed E-state index contributed by atoms with van der Waals surface area (Å²) < 4.78 is 54.4. The highest BCUT2D eigenvalue weighted by Crippen LogP contribution is 2.37. The van der Waals surface area contributed by atoms with Crippen molar-refractivity contribution in [1.29, 1.82) is 0 Å². The number of nitrogens with one attached hydrogen (secondary N) is 1. The van der Waals surface area contributed by atoms with Gasteiger partial charge in [0.1, 0.15) is 0 Å². The first-order valence-electron chi connectivity index (χ1n) is 13.4. The van der Waals surface area contributed by atoms with Gasteiger partial charge in [-0.1, -0.05) is 13.8 Å². The quantitative estimate of drug-likeness (QED) is 0.548. The van der Waals surface area contributed by atoms with E-state index < -0.39 is 21.7 Å².